The highest BCUT2D eigenvalue weighted by molar-refractivity contribution is 6.05. The highest BCUT2D eigenvalue weighted by Gasteiger charge is 2.32. The number of anilines is 2. The molecule has 1 aliphatic rings. The van der Waals surface area contributed by atoms with Crippen molar-refractivity contribution in [1.29, 1.82) is 0 Å². The Kier molecular flexibility index (Phi) is 3.09. The SMILES string of the molecule is CCC1Nc2c(cccc2C(C)(C)C)N(C)C1=O. The first-order valence-corrected chi connectivity index (χ1v) is 6.54. The Hall–Kier alpha value is -1.51. The van der Waals surface area contributed by atoms with Gasteiger partial charge in [0.25, 0.3) is 0 Å². The fraction of sp³-hybridized carbons (Fsp3) is 0.533. The topological polar surface area (TPSA) is 32.3 Å². The number of amides is 1. The average Bonchev–Trinajstić information content (AvgIpc) is 2.31. The van der Waals surface area contributed by atoms with Crippen LogP contribution >= 0.6 is 0 Å². The van der Waals surface area contributed by atoms with E-state index in [1.54, 1.807) is 4.90 Å². The summed E-state index contributed by atoms with van der Waals surface area (Å²) >= 11 is 0. The fourth-order valence-corrected chi connectivity index (χ4v) is 2.46. The summed E-state index contributed by atoms with van der Waals surface area (Å²) in [6.45, 7) is 8.62. The fourth-order valence-electron chi connectivity index (χ4n) is 2.46. The minimum Gasteiger partial charge on any atom is -0.372 e. The van der Waals surface area contributed by atoms with Crippen molar-refractivity contribution < 1.29 is 4.79 Å². The van der Waals surface area contributed by atoms with Crippen molar-refractivity contribution in [3.05, 3.63) is 23.8 Å². The van der Waals surface area contributed by atoms with Gasteiger partial charge in [-0.15, -0.1) is 0 Å². The van der Waals surface area contributed by atoms with Crippen molar-refractivity contribution >= 4 is 17.3 Å². The maximum Gasteiger partial charge on any atom is 0.249 e. The third-order valence-electron chi connectivity index (χ3n) is 3.57. The highest BCUT2D eigenvalue weighted by Crippen LogP contribution is 2.39. The highest BCUT2D eigenvalue weighted by atomic mass is 16.2. The van der Waals surface area contributed by atoms with Gasteiger partial charge in [-0.1, -0.05) is 39.8 Å². The lowest BCUT2D eigenvalue weighted by Crippen LogP contribution is -2.45. The average molecular weight is 246 g/mol. The van der Waals surface area contributed by atoms with E-state index in [2.05, 4.69) is 32.2 Å². The normalized spacial score (nSPS) is 19.5. The second-order valence-electron chi connectivity index (χ2n) is 5.95. The molecule has 0 fully saturated rings. The van der Waals surface area contributed by atoms with E-state index in [0.29, 0.717) is 0 Å². The molecule has 0 aromatic heterocycles. The van der Waals surface area contributed by atoms with Gasteiger partial charge >= 0.3 is 0 Å². The monoisotopic (exact) mass is 246 g/mol. The number of carbonyl (C=O) groups excluding carboxylic acids is 1. The smallest absolute Gasteiger partial charge is 0.249 e. The van der Waals surface area contributed by atoms with Gasteiger partial charge in [0.05, 0.1) is 11.4 Å². The van der Waals surface area contributed by atoms with Crippen LogP contribution in [0, 0.1) is 0 Å². The molecule has 1 heterocycles. The minimum absolute atomic E-state index is 0.0673. The van der Waals surface area contributed by atoms with Crippen LogP contribution in [0.4, 0.5) is 11.4 Å². The number of carbonyl (C=O) groups is 1. The molecule has 0 spiro atoms. The third kappa shape index (κ3) is 1.98. The van der Waals surface area contributed by atoms with Crippen LogP contribution in [0.5, 0.6) is 0 Å². The quantitative estimate of drug-likeness (QED) is 0.825. The Morgan fingerprint density at radius 1 is 1.33 bits per heavy atom. The van der Waals surface area contributed by atoms with E-state index < -0.39 is 0 Å². The van der Waals surface area contributed by atoms with Crippen molar-refractivity contribution in [2.75, 3.05) is 17.3 Å². The molecule has 18 heavy (non-hydrogen) atoms. The molecule has 1 atom stereocenters. The van der Waals surface area contributed by atoms with Gasteiger partial charge in [-0.25, -0.2) is 0 Å². The number of hydrogen-bond donors (Lipinski definition) is 1. The zero-order valence-electron chi connectivity index (χ0n) is 11.9. The number of hydrogen-bond acceptors (Lipinski definition) is 2. The molecular formula is C15H22N2O. The van der Waals surface area contributed by atoms with E-state index in [1.165, 1.54) is 5.56 Å². The number of nitrogens with one attached hydrogen (secondary N) is 1. The third-order valence-corrected chi connectivity index (χ3v) is 3.57. The summed E-state index contributed by atoms with van der Waals surface area (Å²) < 4.78 is 0. The zero-order chi connectivity index (χ0) is 13.5. The number of rotatable bonds is 1. The van der Waals surface area contributed by atoms with Gasteiger partial charge in [-0.05, 0) is 23.5 Å². The first kappa shape index (κ1) is 12.9. The van der Waals surface area contributed by atoms with Gasteiger partial charge < -0.3 is 10.2 Å². The van der Waals surface area contributed by atoms with Crippen LogP contribution in [0.15, 0.2) is 18.2 Å². The standard InChI is InChI=1S/C15H22N2O/c1-6-11-14(18)17(5)12-9-7-8-10(13(12)16-11)15(2,3)4/h7-9,11,16H,6H2,1-5H3. The van der Waals surface area contributed by atoms with E-state index in [9.17, 15) is 4.79 Å². The maximum absolute atomic E-state index is 12.1. The van der Waals surface area contributed by atoms with E-state index in [4.69, 9.17) is 0 Å². The first-order valence-electron chi connectivity index (χ1n) is 6.54. The molecule has 1 aromatic rings. The molecule has 0 aliphatic carbocycles. The summed E-state index contributed by atoms with van der Waals surface area (Å²) in [5, 5.41) is 3.41. The van der Waals surface area contributed by atoms with Gasteiger partial charge in [0, 0.05) is 7.05 Å². The van der Waals surface area contributed by atoms with Crippen LogP contribution in [0.25, 0.3) is 0 Å². The Morgan fingerprint density at radius 3 is 2.56 bits per heavy atom. The van der Waals surface area contributed by atoms with E-state index in [1.807, 2.05) is 26.1 Å². The molecule has 1 aromatic carbocycles. The van der Waals surface area contributed by atoms with Gasteiger partial charge in [0.2, 0.25) is 5.91 Å². The molecule has 98 valence electrons. The molecule has 3 nitrogen and oxygen atoms in total. The van der Waals surface area contributed by atoms with Crippen LogP contribution in [0.1, 0.15) is 39.7 Å². The Morgan fingerprint density at radius 2 is 2.00 bits per heavy atom. The predicted molar refractivity (Wildman–Crippen MR) is 76.3 cm³/mol. The Labute approximate surface area is 109 Å². The van der Waals surface area contributed by atoms with Gasteiger partial charge in [0.15, 0.2) is 0 Å². The van der Waals surface area contributed by atoms with Crippen LogP contribution in [-0.2, 0) is 10.2 Å². The maximum atomic E-state index is 12.1. The molecule has 1 N–H and O–H groups in total. The molecule has 2 rings (SSSR count). The summed E-state index contributed by atoms with van der Waals surface area (Å²) in [6, 6.07) is 6.06. The Bertz CT molecular complexity index is 474. The van der Waals surface area contributed by atoms with E-state index >= 15 is 0 Å². The van der Waals surface area contributed by atoms with Crippen LogP contribution in [0.2, 0.25) is 0 Å². The van der Waals surface area contributed by atoms with Crippen molar-refractivity contribution in [3.63, 3.8) is 0 Å². The van der Waals surface area contributed by atoms with Crippen molar-refractivity contribution in [2.45, 2.75) is 45.6 Å². The van der Waals surface area contributed by atoms with Crippen LogP contribution in [0.3, 0.4) is 0 Å². The molecular weight excluding hydrogens is 224 g/mol. The van der Waals surface area contributed by atoms with Gasteiger partial charge in [0.1, 0.15) is 6.04 Å². The van der Waals surface area contributed by atoms with Gasteiger partial charge in [-0.2, -0.15) is 0 Å². The van der Waals surface area contributed by atoms with Gasteiger partial charge in [-0.3, -0.25) is 4.79 Å². The summed E-state index contributed by atoms with van der Waals surface area (Å²) in [5.41, 5.74) is 3.42. The predicted octanol–water partition coefficient (Wildman–Crippen LogP) is 3.15. The van der Waals surface area contributed by atoms with E-state index in [-0.39, 0.29) is 17.4 Å². The van der Waals surface area contributed by atoms with Crippen molar-refractivity contribution in [3.8, 4) is 0 Å². The number of nitrogens with zero attached hydrogens (tertiary/aromatic N) is 1. The summed E-state index contributed by atoms with van der Waals surface area (Å²) in [7, 11) is 1.86. The van der Waals surface area contributed by atoms with E-state index in [0.717, 1.165) is 17.8 Å². The second kappa shape index (κ2) is 4.30. The second-order valence-corrected chi connectivity index (χ2v) is 5.95. The molecule has 0 radical (unpaired) electrons. The summed E-state index contributed by atoms with van der Waals surface area (Å²) in [4.78, 5) is 13.9. The number of para-hydroxylation sites is 1. The van der Waals surface area contributed by atoms with Crippen molar-refractivity contribution in [2.24, 2.45) is 0 Å². The molecule has 0 saturated heterocycles. The lowest BCUT2D eigenvalue weighted by molar-refractivity contribution is -0.119. The molecule has 1 aliphatic heterocycles. The van der Waals surface area contributed by atoms with Crippen LogP contribution in [-0.4, -0.2) is 19.0 Å². The number of benzene rings is 1. The lowest BCUT2D eigenvalue weighted by atomic mass is 9.84. The zero-order valence-corrected chi connectivity index (χ0v) is 11.9. The molecule has 1 amide bonds. The summed E-state index contributed by atoms with van der Waals surface area (Å²) in [6.07, 6.45) is 0.807. The lowest BCUT2D eigenvalue weighted by Gasteiger charge is -2.36. The number of fused-ring (bicyclic) bond motifs is 1. The Balaban J connectivity index is 2.57. The molecule has 1 unspecified atom stereocenters. The summed E-state index contributed by atoms with van der Waals surface area (Å²) in [5.74, 6) is 0.149. The minimum atomic E-state index is -0.106. The van der Waals surface area contributed by atoms with Crippen molar-refractivity contribution in [1.82, 2.24) is 0 Å². The molecule has 0 bridgehead atoms. The first-order chi connectivity index (χ1) is 8.36. The van der Waals surface area contributed by atoms with Crippen LogP contribution < -0.4 is 10.2 Å². The largest absolute Gasteiger partial charge is 0.372 e. The molecule has 0 saturated carbocycles. The molecule has 3 heteroatoms. The number of likely N-dealkylation sites (N-methyl/N-ethyl adjacent to an activating group) is 1.